The predicted octanol–water partition coefficient (Wildman–Crippen LogP) is 5.14. The Kier molecular flexibility index (Phi) is 5.46. The van der Waals surface area contributed by atoms with Crippen LogP contribution in [0.25, 0.3) is 6.08 Å². The second-order valence-electron chi connectivity index (χ2n) is 4.97. The third kappa shape index (κ3) is 4.23. The Labute approximate surface area is 161 Å². The quantitative estimate of drug-likeness (QED) is 0.671. The van der Waals surface area contributed by atoms with Crippen LogP contribution < -0.4 is 10.1 Å². The maximum absolute atomic E-state index is 12.9. The van der Waals surface area contributed by atoms with Gasteiger partial charge in [0.1, 0.15) is 11.6 Å². The van der Waals surface area contributed by atoms with Gasteiger partial charge in [-0.3, -0.25) is 4.79 Å². The highest BCUT2D eigenvalue weighted by Gasteiger charge is 2.24. The summed E-state index contributed by atoms with van der Waals surface area (Å²) in [6, 6.07) is 9.12. The number of nitrogens with one attached hydrogen (secondary N) is 1. The smallest absolute Gasteiger partial charge is 0.264 e. The summed E-state index contributed by atoms with van der Waals surface area (Å²) in [7, 11) is 1.54. The monoisotopic (exact) mass is 440 g/mol. The number of aliphatic imine (C=N–C) groups is 1. The number of carbonyl (C=O) groups is 1. The van der Waals surface area contributed by atoms with Crippen LogP contribution in [0.1, 0.15) is 5.56 Å². The highest BCUT2D eigenvalue weighted by molar-refractivity contribution is 9.10. The van der Waals surface area contributed by atoms with E-state index in [9.17, 15) is 9.18 Å². The van der Waals surface area contributed by atoms with Gasteiger partial charge in [0, 0.05) is 10.6 Å². The Balaban J connectivity index is 1.91. The minimum Gasteiger partial charge on any atom is -0.495 e. The first-order valence-electron chi connectivity index (χ1n) is 7.04. The molecule has 0 atom stereocenters. The highest BCUT2D eigenvalue weighted by atomic mass is 79.9. The van der Waals surface area contributed by atoms with E-state index < -0.39 is 0 Å². The Morgan fingerprint density at radius 2 is 2.04 bits per heavy atom. The van der Waals surface area contributed by atoms with Crippen LogP contribution >= 0.6 is 39.3 Å². The third-order valence-corrected chi connectivity index (χ3v) is 4.95. The summed E-state index contributed by atoms with van der Waals surface area (Å²) in [4.78, 5) is 16.9. The Bertz CT molecular complexity index is 900. The molecule has 2 aromatic carbocycles. The molecule has 0 saturated carbocycles. The summed E-state index contributed by atoms with van der Waals surface area (Å²) in [6.07, 6.45) is 1.68. The molecule has 1 amide bonds. The van der Waals surface area contributed by atoms with Crippen LogP contribution in [0.4, 0.5) is 10.1 Å². The first kappa shape index (κ1) is 18.0. The minimum atomic E-state index is -0.341. The van der Waals surface area contributed by atoms with Crippen molar-refractivity contribution in [3.8, 4) is 5.75 Å². The van der Waals surface area contributed by atoms with E-state index in [1.807, 2.05) is 0 Å². The molecule has 1 saturated heterocycles. The van der Waals surface area contributed by atoms with Crippen molar-refractivity contribution < 1.29 is 13.9 Å². The summed E-state index contributed by atoms with van der Waals surface area (Å²) in [5, 5.41) is 3.62. The van der Waals surface area contributed by atoms with Crippen LogP contribution in [0, 0.1) is 5.82 Å². The van der Waals surface area contributed by atoms with E-state index in [1.165, 1.54) is 36.0 Å². The predicted molar refractivity (Wildman–Crippen MR) is 103 cm³/mol. The third-order valence-electron chi connectivity index (χ3n) is 3.24. The Morgan fingerprint density at radius 1 is 1.32 bits per heavy atom. The second-order valence-corrected chi connectivity index (χ2v) is 7.29. The molecule has 0 aromatic heterocycles. The number of amides is 1. The lowest BCUT2D eigenvalue weighted by atomic mass is 10.2. The van der Waals surface area contributed by atoms with Crippen molar-refractivity contribution in [1.29, 1.82) is 0 Å². The fourth-order valence-corrected chi connectivity index (χ4v) is 3.99. The number of rotatable bonds is 3. The van der Waals surface area contributed by atoms with Gasteiger partial charge in [0.2, 0.25) is 0 Å². The molecule has 3 rings (SSSR count). The highest BCUT2D eigenvalue weighted by Crippen LogP contribution is 2.36. The number of benzene rings is 2. The molecular weight excluding hydrogens is 431 g/mol. The topological polar surface area (TPSA) is 50.7 Å². The molecule has 1 heterocycles. The summed E-state index contributed by atoms with van der Waals surface area (Å²) in [5.74, 6) is -0.0375. The van der Waals surface area contributed by atoms with Gasteiger partial charge in [-0.05, 0) is 70.2 Å². The molecule has 1 aliphatic rings. The van der Waals surface area contributed by atoms with Gasteiger partial charge in [-0.25, -0.2) is 9.38 Å². The van der Waals surface area contributed by atoms with Gasteiger partial charge >= 0.3 is 0 Å². The SMILES string of the molecule is COc1c(Br)cc(Cl)cc1C=C1SC(=Nc2ccc(F)cc2)NC1=O. The average molecular weight is 442 g/mol. The summed E-state index contributed by atoms with van der Waals surface area (Å²) in [6.45, 7) is 0. The molecule has 0 radical (unpaired) electrons. The van der Waals surface area contributed by atoms with Crippen molar-refractivity contribution in [1.82, 2.24) is 5.32 Å². The van der Waals surface area contributed by atoms with Gasteiger partial charge in [0.25, 0.3) is 5.91 Å². The lowest BCUT2D eigenvalue weighted by Gasteiger charge is -2.08. The minimum absolute atomic E-state index is 0.274. The molecule has 4 nitrogen and oxygen atoms in total. The number of thioether (sulfide) groups is 1. The molecular formula is C17H11BrClFN2O2S. The fourth-order valence-electron chi connectivity index (χ4n) is 2.16. The van der Waals surface area contributed by atoms with Crippen LogP contribution in [0.15, 0.2) is 50.8 Å². The number of hydrogen-bond acceptors (Lipinski definition) is 4. The van der Waals surface area contributed by atoms with E-state index in [-0.39, 0.29) is 11.7 Å². The lowest BCUT2D eigenvalue weighted by molar-refractivity contribution is -0.115. The van der Waals surface area contributed by atoms with Gasteiger partial charge in [-0.1, -0.05) is 11.6 Å². The van der Waals surface area contributed by atoms with Gasteiger partial charge in [-0.15, -0.1) is 0 Å². The standard InChI is InChI=1S/C17H11BrClFN2O2S/c1-24-15-9(6-10(19)8-13(15)18)7-14-16(23)22-17(25-14)21-12-4-2-11(20)3-5-12/h2-8H,1H3,(H,21,22,23). The average Bonchev–Trinajstić information content (AvgIpc) is 2.89. The number of nitrogens with zero attached hydrogens (tertiary/aromatic N) is 1. The van der Waals surface area contributed by atoms with E-state index in [4.69, 9.17) is 16.3 Å². The zero-order chi connectivity index (χ0) is 18.0. The number of methoxy groups -OCH3 is 1. The normalized spacial score (nSPS) is 17.2. The van der Waals surface area contributed by atoms with Crippen LogP contribution in [0.5, 0.6) is 5.75 Å². The maximum Gasteiger partial charge on any atom is 0.264 e. The molecule has 128 valence electrons. The van der Waals surface area contributed by atoms with Crippen molar-refractivity contribution >= 4 is 62.1 Å². The molecule has 0 aliphatic carbocycles. The van der Waals surface area contributed by atoms with Crippen LogP contribution in [0.2, 0.25) is 5.02 Å². The number of carbonyl (C=O) groups excluding carboxylic acids is 1. The number of halogens is 3. The summed E-state index contributed by atoms with van der Waals surface area (Å²) in [5.41, 5.74) is 1.22. The van der Waals surface area contributed by atoms with Crippen LogP contribution in [-0.2, 0) is 4.79 Å². The van der Waals surface area contributed by atoms with E-state index in [0.717, 1.165) is 0 Å². The molecule has 1 aliphatic heterocycles. The summed E-state index contributed by atoms with van der Waals surface area (Å²) >= 11 is 10.6. The Morgan fingerprint density at radius 3 is 2.72 bits per heavy atom. The first-order valence-corrected chi connectivity index (χ1v) is 9.03. The van der Waals surface area contributed by atoms with E-state index >= 15 is 0 Å². The molecule has 0 bridgehead atoms. The van der Waals surface area contributed by atoms with Crippen LogP contribution in [0.3, 0.4) is 0 Å². The van der Waals surface area contributed by atoms with Gasteiger partial charge in [0.05, 0.1) is 22.2 Å². The van der Waals surface area contributed by atoms with Crippen molar-refractivity contribution in [2.24, 2.45) is 4.99 Å². The van der Waals surface area contributed by atoms with Crippen LogP contribution in [-0.4, -0.2) is 18.2 Å². The molecule has 0 spiro atoms. The van der Waals surface area contributed by atoms with Crippen molar-refractivity contribution in [3.63, 3.8) is 0 Å². The first-order chi connectivity index (χ1) is 12.0. The molecule has 1 N–H and O–H groups in total. The lowest BCUT2D eigenvalue weighted by Crippen LogP contribution is -2.19. The number of hydrogen-bond donors (Lipinski definition) is 1. The zero-order valence-corrected chi connectivity index (χ0v) is 16.0. The van der Waals surface area contributed by atoms with E-state index in [2.05, 4.69) is 26.2 Å². The molecule has 1 fully saturated rings. The van der Waals surface area contributed by atoms with Gasteiger partial charge in [-0.2, -0.15) is 0 Å². The molecule has 8 heteroatoms. The van der Waals surface area contributed by atoms with Crippen molar-refractivity contribution in [3.05, 3.63) is 62.2 Å². The summed E-state index contributed by atoms with van der Waals surface area (Å²) < 4.78 is 19.0. The van der Waals surface area contributed by atoms with Gasteiger partial charge < -0.3 is 10.1 Å². The maximum atomic E-state index is 12.9. The number of amidine groups is 1. The number of ether oxygens (including phenoxy) is 1. The fraction of sp³-hybridized carbons (Fsp3) is 0.0588. The largest absolute Gasteiger partial charge is 0.495 e. The van der Waals surface area contributed by atoms with Gasteiger partial charge in [0.15, 0.2) is 5.17 Å². The van der Waals surface area contributed by atoms with E-state index in [1.54, 1.807) is 25.3 Å². The zero-order valence-electron chi connectivity index (χ0n) is 12.8. The molecule has 0 unspecified atom stereocenters. The molecule has 2 aromatic rings. The van der Waals surface area contributed by atoms with Crippen molar-refractivity contribution in [2.45, 2.75) is 0 Å². The van der Waals surface area contributed by atoms with E-state index in [0.29, 0.717) is 36.6 Å². The second kappa shape index (κ2) is 7.59. The Hall–Kier alpha value is -1.83. The molecule has 25 heavy (non-hydrogen) atoms. The van der Waals surface area contributed by atoms with Crippen molar-refractivity contribution in [2.75, 3.05) is 7.11 Å².